The molecule has 7 rings (SSSR count). The van der Waals surface area contributed by atoms with E-state index in [1.54, 1.807) is 12.1 Å². The van der Waals surface area contributed by atoms with Crippen LogP contribution >= 0.6 is 0 Å². The van der Waals surface area contributed by atoms with E-state index >= 15 is 0 Å². The highest BCUT2D eigenvalue weighted by molar-refractivity contribution is 5.91. The number of anilines is 1. The molecular weight excluding hydrogens is 735 g/mol. The number of hydrogen-bond acceptors (Lipinski definition) is 9. The molecule has 58 heavy (non-hydrogen) atoms. The fourth-order valence-corrected chi connectivity index (χ4v) is 8.14. The minimum absolute atomic E-state index is 0.0521. The van der Waals surface area contributed by atoms with Crippen molar-refractivity contribution in [3.8, 4) is 22.6 Å². The largest absolute Gasteiger partial charge is 0.506 e. The standard InChI is InChI=1S/C46H53N5O7/c52-41-19-17-38(39-18-20-43(54)50-45(39)41)42(53)29-47-28-32-7-6-10-36(27-32)57-30-44(55)48-34-15-13-31(14-16-34)21-24-51-25-22-35(23-26-51)58-46(56)49-40-12-5-4-11-37(40)33-8-2-1-3-9-33/h1-12,17-20,27,31,34-35,42,47,52-53H,13-16,21-26,28-30H2,(H,48,55)(H,49,56)(H,50,54)/t31?,34?,42-/m1/s1. The van der Waals surface area contributed by atoms with Crippen molar-refractivity contribution in [3.63, 3.8) is 0 Å². The molecule has 0 bridgehead atoms. The first kappa shape index (κ1) is 40.5. The number of aromatic hydroxyl groups is 1. The van der Waals surface area contributed by atoms with E-state index in [4.69, 9.17) is 9.47 Å². The average molecular weight is 788 g/mol. The van der Waals surface area contributed by atoms with Gasteiger partial charge in [0.1, 0.15) is 17.6 Å². The van der Waals surface area contributed by atoms with Crippen LogP contribution in [0.2, 0.25) is 0 Å². The predicted octanol–water partition coefficient (Wildman–Crippen LogP) is 6.88. The first-order valence-electron chi connectivity index (χ1n) is 20.4. The van der Waals surface area contributed by atoms with Crippen LogP contribution in [0, 0.1) is 5.92 Å². The molecule has 304 valence electrons. The number of likely N-dealkylation sites (tertiary alicyclic amines) is 1. The van der Waals surface area contributed by atoms with Gasteiger partial charge in [-0.15, -0.1) is 0 Å². The van der Waals surface area contributed by atoms with Gasteiger partial charge in [0.05, 0.1) is 17.3 Å². The molecule has 0 spiro atoms. The molecule has 12 heteroatoms. The Morgan fingerprint density at radius 3 is 2.45 bits per heavy atom. The number of H-pyrrole nitrogens is 1. The number of aromatic amines is 1. The van der Waals surface area contributed by atoms with Gasteiger partial charge in [0.2, 0.25) is 5.56 Å². The molecule has 2 heterocycles. The zero-order chi connectivity index (χ0) is 40.3. The molecule has 4 aromatic carbocycles. The molecule has 6 N–H and O–H groups in total. The lowest BCUT2D eigenvalue weighted by Crippen LogP contribution is -2.41. The molecule has 5 aromatic rings. The number of phenolic OH excluding ortho intramolecular Hbond substituents is 1. The summed E-state index contributed by atoms with van der Waals surface area (Å²) in [5.74, 6) is 1.05. The van der Waals surface area contributed by atoms with Crippen molar-refractivity contribution < 1.29 is 29.3 Å². The van der Waals surface area contributed by atoms with Crippen molar-refractivity contribution in [1.82, 2.24) is 20.5 Å². The maximum absolute atomic E-state index is 12.8. The van der Waals surface area contributed by atoms with Crippen molar-refractivity contribution in [2.24, 2.45) is 5.92 Å². The topological polar surface area (TPSA) is 165 Å². The van der Waals surface area contributed by atoms with Gasteiger partial charge < -0.3 is 40.2 Å². The monoisotopic (exact) mass is 787 g/mol. The first-order valence-corrected chi connectivity index (χ1v) is 20.4. The number of pyridine rings is 1. The second kappa shape index (κ2) is 19.6. The van der Waals surface area contributed by atoms with Gasteiger partial charge in [0.25, 0.3) is 5.91 Å². The number of ether oxygens (including phenoxy) is 2. The van der Waals surface area contributed by atoms with Crippen LogP contribution in [0.4, 0.5) is 10.5 Å². The maximum Gasteiger partial charge on any atom is 0.411 e. The number of amides is 2. The van der Waals surface area contributed by atoms with Crippen molar-refractivity contribution in [3.05, 3.63) is 125 Å². The van der Waals surface area contributed by atoms with E-state index in [0.717, 1.165) is 87.0 Å². The van der Waals surface area contributed by atoms with Crippen LogP contribution in [0.3, 0.4) is 0 Å². The van der Waals surface area contributed by atoms with E-state index in [1.807, 2.05) is 78.9 Å². The molecule has 1 aliphatic heterocycles. The third kappa shape index (κ3) is 11.0. The molecule has 1 saturated heterocycles. The van der Waals surface area contributed by atoms with E-state index in [-0.39, 0.29) is 42.5 Å². The number of nitrogens with one attached hydrogen (secondary N) is 4. The van der Waals surface area contributed by atoms with Crippen LogP contribution in [0.1, 0.15) is 62.2 Å². The van der Waals surface area contributed by atoms with Gasteiger partial charge >= 0.3 is 6.09 Å². The number of benzene rings is 4. The summed E-state index contributed by atoms with van der Waals surface area (Å²) in [6, 6.07) is 31.5. The Balaban J connectivity index is 0.756. The number of nitrogens with zero attached hydrogens (tertiary/aromatic N) is 1. The second-order valence-corrected chi connectivity index (χ2v) is 15.4. The van der Waals surface area contributed by atoms with E-state index < -0.39 is 12.2 Å². The highest BCUT2D eigenvalue weighted by Gasteiger charge is 2.26. The van der Waals surface area contributed by atoms with Crippen molar-refractivity contribution in [2.75, 3.05) is 38.1 Å². The van der Waals surface area contributed by atoms with Gasteiger partial charge in [0.15, 0.2) is 6.61 Å². The van der Waals surface area contributed by atoms with E-state index in [0.29, 0.717) is 34.7 Å². The number of fused-ring (bicyclic) bond motifs is 1. The molecule has 1 aliphatic carbocycles. The zero-order valence-corrected chi connectivity index (χ0v) is 32.7. The number of hydrogen-bond donors (Lipinski definition) is 6. The van der Waals surface area contributed by atoms with E-state index in [1.165, 1.54) is 12.1 Å². The number of aromatic nitrogens is 1. The number of aliphatic hydroxyl groups excluding tert-OH is 1. The average Bonchev–Trinajstić information content (AvgIpc) is 3.24. The molecule has 0 unspecified atom stereocenters. The minimum atomic E-state index is -0.867. The molecule has 2 fully saturated rings. The van der Waals surface area contributed by atoms with Gasteiger partial charge in [-0.2, -0.15) is 0 Å². The fourth-order valence-electron chi connectivity index (χ4n) is 8.14. The van der Waals surface area contributed by atoms with Gasteiger partial charge in [-0.05, 0) is 104 Å². The number of rotatable bonds is 15. The summed E-state index contributed by atoms with van der Waals surface area (Å²) >= 11 is 0. The van der Waals surface area contributed by atoms with Gasteiger partial charge in [-0.1, -0.05) is 66.7 Å². The molecule has 0 radical (unpaired) electrons. The Morgan fingerprint density at radius 2 is 1.64 bits per heavy atom. The summed E-state index contributed by atoms with van der Waals surface area (Å²) in [6.07, 6.45) is 5.50. The van der Waals surface area contributed by atoms with Crippen LogP contribution in [-0.2, 0) is 16.1 Å². The van der Waals surface area contributed by atoms with Crippen LogP contribution in [0.25, 0.3) is 22.0 Å². The zero-order valence-electron chi connectivity index (χ0n) is 32.7. The summed E-state index contributed by atoms with van der Waals surface area (Å²) in [6.45, 7) is 3.51. The Labute approximate surface area is 338 Å². The molecule has 1 aromatic heterocycles. The Hall–Kier alpha value is -5.69. The summed E-state index contributed by atoms with van der Waals surface area (Å²) < 4.78 is 11.7. The van der Waals surface area contributed by atoms with Gasteiger partial charge in [-0.25, -0.2) is 4.79 Å². The minimum Gasteiger partial charge on any atom is -0.506 e. The van der Waals surface area contributed by atoms with E-state index in [2.05, 4.69) is 25.8 Å². The Bertz CT molecular complexity index is 2200. The number of para-hydroxylation sites is 1. The summed E-state index contributed by atoms with van der Waals surface area (Å²) in [5, 5.41) is 30.9. The second-order valence-electron chi connectivity index (χ2n) is 15.4. The van der Waals surface area contributed by atoms with Crippen LogP contribution in [0.5, 0.6) is 11.5 Å². The molecular formula is C46H53N5O7. The van der Waals surface area contributed by atoms with Gasteiger partial charge in [0, 0.05) is 49.2 Å². The highest BCUT2D eigenvalue weighted by atomic mass is 16.6. The molecule has 1 saturated carbocycles. The van der Waals surface area contributed by atoms with E-state index in [9.17, 15) is 24.6 Å². The molecule has 1 atom stereocenters. The lowest BCUT2D eigenvalue weighted by Gasteiger charge is -2.34. The van der Waals surface area contributed by atoms with Crippen LogP contribution < -0.4 is 26.2 Å². The summed E-state index contributed by atoms with van der Waals surface area (Å²) in [4.78, 5) is 42.4. The molecule has 12 nitrogen and oxygen atoms in total. The summed E-state index contributed by atoms with van der Waals surface area (Å²) in [5.41, 5.74) is 4.24. The van der Waals surface area contributed by atoms with Crippen LogP contribution in [-0.4, -0.2) is 77.0 Å². The number of carbonyl (C=O) groups is 2. The SMILES string of the molecule is O=C(COc1cccc(CNC[C@@H](O)c2ccc(O)c3[nH]c(=O)ccc23)c1)NC1CCC(CCN2CCC(OC(=O)Nc3ccccc3-c3ccccc3)CC2)CC1. The highest BCUT2D eigenvalue weighted by Crippen LogP contribution is 2.31. The maximum atomic E-state index is 12.8. The lowest BCUT2D eigenvalue weighted by molar-refractivity contribution is -0.124. The lowest BCUT2D eigenvalue weighted by atomic mass is 9.84. The van der Waals surface area contributed by atoms with Crippen molar-refractivity contribution in [1.29, 1.82) is 0 Å². The Morgan fingerprint density at radius 1 is 0.862 bits per heavy atom. The summed E-state index contributed by atoms with van der Waals surface area (Å²) in [7, 11) is 0. The fraction of sp³-hybridized carbons (Fsp3) is 0.370. The smallest absolute Gasteiger partial charge is 0.411 e. The quantitative estimate of drug-likeness (QED) is 0.0664. The first-order chi connectivity index (χ1) is 28.3. The number of carbonyl (C=O) groups excluding carboxylic acids is 2. The third-order valence-corrected chi connectivity index (χ3v) is 11.3. The molecule has 2 amide bonds. The molecule has 2 aliphatic rings. The Kier molecular flexibility index (Phi) is 13.7. The predicted molar refractivity (Wildman–Crippen MR) is 225 cm³/mol. The van der Waals surface area contributed by atoms with Crippen LogP contribution in [0.15, 0.2) is 108 Å². The third-order valence-electron chi connectivity index (χ3n) is 11.3. The normalized spacial score (nSPS) is 18.0. The number of aliphatic hydroxyl groups is 1. The number of piperidine rings is 1. The van der Waals surface area contributed by atoms with Crippen molar-refractivity contribution >= 4 is 28.6 Å². The number of phenols is 1. The van der Waals surface area contributed by atoms with Crippen molar-refractivity contribution in [2.45, 2.75) is 69.7 Å². The van der Waals surface area contributed by atoms with Gasteiger partial charge in [-0.3, -0.25) is 14.9 Å².